The van der Waals surface area contributed by atoms with Gasteiger partial charge >= 0.3 is 0 Å². The van der Waals surface area contributed by atoms with Crippen molar-refractivity contribution in [1.29, 1.82) is 0 Å². The normalized spacial score (nSPS) is 11.4. The first-order valence-electron chi connectivity index (χ1n) is 10.2. The van der Waals surface area contributed by atoms with E-state index in [0.29, 0.717) is 28.6 Å². The van der Waals surface area contributed by atoms with E-state index in [9.17, 15) is 13.6 Å². The van der Waals surface area contributed by atoms with Crippen LogP contribution in [0.1, 0.15) is 39.6 Å². The van der Waals surface area contributed by atoms with E-state index < -0.39 is 18.0 Å². The number of carbonyl (C=O) groups is 1. The number of hydrogen-bond donors (Lipinski definition) is 1. The summed E-state index contributed by atoms with van der Waals surface area (Å²) in [6.45, 7) is 3.75. The summed E-state index contributed by atoms with van der Waals surface area (Å²) in [5.74, 6) is 0.755. The molecule has 5 heterocycles. The van der Waals surface area contributed by atoms with Crippen LogP contribution in [0, 0.1) is 13.8 Å². The first kappa shape index (κ1) is 21.4. The van der Waals surface area contributed by atoms with Crippen molar-refractivity contribution in [3.8, 4) is 17.1 Å². The van der Waals surface area contributed by atoms with E-state index in [-0.39, 0.29) is 17.8 Å². The molecule has 0 saturated heterocycles. The minimum atomic E-state index is -2.82. The summed E-state index contributed by atoms with van der Waals surface area (Å²) in [6.07, 6.45) is 4.43. The Balaban J connectivity index is 1.60. The Morgan fingerprint density at radius 3 is 2.68 bits per heavy atom. The molecular weight excluding hydrogens is 446 g/mol. The van der Waals surface area contributed by atoms with E-state index >= 15 is 0 Å². The number of carbonyl (C=O) groups excluding carboxylic acids is 1. The lowest BCUT2D eigenvalue weighted by atomic mass is 10.2. The Hall–Kier alpha value is -4.48. The van der Waals surface area contributed by atoms with Gasteiger partial charge in [-0.3, -0.25) is 19.2 Å². The van der Waals surface area contributed by atoms with Crippen LogP contribution in [0.25, 0.3) is 22.8 Å². The van der Waals surface area contributed by atoms with E-state index in [4.69, 9.17) is 4.42 Å². The van der Waals surface area contributed by atoms with Crippen molar-refractivity contribution in [1.82, 2.24) is 39.7 Å². The van der Waals surface area contributed by atoms with Crippen molar-refractivity contribution in [3.05, 3.63) is 77.6 Å². The molecule has 10 nitrogen and oxygen atoms in total. The molecule has 0 unspecified atom stereocenters. The Kier molecular flexibility index (Phi) is 5.32. The smallest absolute Gasteiger partial charge is 0.282 e. The second kappa shape index (κ2) is 8.46. The fraction of sp³-hybridized carbons (Fsp3) is 0.182. The largest absolute Gasteiger partial charge is 0.460 e. The van der Waals surface area contributed by atoms with Crippen LogP contribution in [-0.4, -0.2) is 40.3 Å². The number of furan rings is 1. The molecule has 1 N–H and O–H groups in total. The highest BCUT2D eigenvalue weighted by Gasteiger charge is 2.22. The topological polar surface area (TPSA) is 116 Å². The lowest BCUT2D eigenvalue weighted by molar-refractivity contribution is 0.0950. The zero-order valence-electron chi connectivity index (χ0n) is 18.1. The molecule has 1 amide bonds. The zero-order chi connectivity index (χ0) is 23.8. The highest BCUT2D eigenvalue weighted by molar-refractivity contribution is 5.95. The van der Waals surface area contributed by atoms with Crippen molar-refractivity contribution in [2.75, 3.05) is 0 Å². The average molecular weight is 464 g/mol. The number of aromatic nitrogens is 7. The monoisotopic (exact) mass is 464 g/mol. The van der Waals surface area contributed by atoms with E-state index in [1.165, 1.54) is 6.07 Å². The summed E-state index contributed by atoms with van der Waals surface area (Å²) in [5.41, 5.74) is 2.12. The van der Waals surface area contributed by atoms with E-state index in [0.717, 1.165) is 16.6 Å². The minimum Gasteiger partial charge on any atom is -0.460 e. The standard InChI is InChI=1S/C22H18F2N8O2/c1-12-6-26-15(7-25-12)8-28-22(33)14-5-16(32-18(20(23)24)10-29-30-32)21-27-9-17(31(21)11-14)19-4-3-13(2)34-19/h3-7,9-11,20H,8H2,1-2H3,(H,28,33). The number of nitrogens with zero attached hydrogens (tertiary/aromatic N) is 7. The Morgan fingerprint density at radius 2 is 1.97 bits per heavy atom. The molecule has 5 rings (SSSR count). The quantitative estimate of drug-likeness (QED) is 0.409. The third-order valence-corrected chi connectivity index (χ3v) is 5.13. The van der Waals surface area contributed by atoms with Gasteiger partial charge in [-0.1, -0.05) is 5.21 Å². The molecule has 34 heavy (non-hydrogen) atoms. The summed E-state index contributed by atoms with van der Waals surface area (Å²) in [4.78, 5) is 25.8. The summed E-state index contributed by atoms with van der Waals surface area (Å²) < 4.78 is 35.5. The second-order valence-electron chi connectivity index (χ2n) is 7.56. The number of alkyl halides is 2. The number of nitrogens with one attached hydrogen (secondary N) is 1. The number of hydrogen-bond acceptors (Lipinski definition) is 7. The van der Waals surface area contributed by atoms with Crippen molar-refractivity contribution >= 4 is 11.6 Å². The summed E-state index contributed by atoms with van der Waals surface area (Å²) in [7, 11) is 0. The Labute approximate surface area is 191 Å². The van der Waals surface area contributed by atoms with Crippen LogP contribution in [0.3, 0.4) is 0 Å². The van der Waals surface area contributed by atoms with E-state index in [1.54, 1.807) is 48.2 Å². The molecule has 0 fully saturated rings. The molecule has 12 heteroatoms. The molecule has 0 aliphatic carbocycles. The maximum Gasteiger partial charge on any atom is 0.282 e. The van der Waals surface area contributed by atoms with Gasteiger partial charge in [0.25, 0.3) is 12.3 Å². The van der Waals surface area contributed by atoms with Gasteiger partial charge in [-0.05, 0) is 32.0 Å². The van der Waals surface area contributed by atoms with Crippen LogP contribution in [0.15, 0.2) is 53.6 Å². The number of imidazole rings is 1. The molecule has 0 spiro atoms. The van der Waals surface area contributed by atoms with Crippen LogP contribution in [0.4, 0.5) is 8.78 Å². The highest BCUT2D eigenvalue weighted by Crippen LogP contribution is 2.28. The first-order chi connectivity index (χ1) is 16.4. The number of fused-ring (bicyclic) bond motifs is 1. The Morgan fingerprint density at radius 1 is 1.12 bits per heavy atom. The van der Waals surface area contributed by atoms with E-state index in [2.05, 4.69) is 30.6 Å². The number of rotatable bonds is 6. The first-order valence-corrected chi connectivity index (χ1v) is 10.2. The molecule has 0 aliphatic rings. The van der Waals surface area contributed by atoms with Crippen molar-refractivity contribution in [2.24, 2.45) is 0 Å². The lowest BCUT2D eigenvalue weighted by Crippen LogP contribution is -2.24. The molecule has 0 aliphatic heterocycles. The molecular formula is C22H18F2N8O2. The van der Waals surface area contributed by atoms with Gasteiger partial charge in [-0.25, -0.2) is 18.4 Å². The number of amides is 1. The molecule has 0 radical (unpaired) electrons. The maximum atomic E-state index is 13.6. The second-order valence-corrected chi connectivity index (χ2v) is 7.56. The Bertz CT molecular complexity index is 1490. The molecule has 0 bridgehead atoms. The summed E-state index contributed by atoms with van der Waals surface area (Å²) >= 11 is 0. The van der Waals surface area contributed by atoms with Gasteiger partial charge in [-0.15, -0.1) is 5.10 Å². The van der Waals surface area contributed by atoms with Gasteiger partial charge in [0.05, 0.1) is 42.1 Å². The van der Waals surface area contributed by atoms with Gasteiger partial charge in [-0.2, -0.15) is 0 Å². The van der Waals surface area contributed by atoms with Crippen LogP contribution in [0.5, 0.6) is 0 Å². The molecule has 172 valence electrons. The van der Waals surface area contributed by atoms with Crippen molar-refractivity contribution in [3.63, 3.8) is 0 Å². The van der Waals surface area contributed by atoms with Crippen LogP contribution in [-0.2, 0) is 6.54 Å². The van der Waals surface area contributed by atoms with Crippen molar-refractivity contribution < 1.29 is 18.0 Å². The fourth-order valence-electron chi connectivity index (χ4n) is 3.47. The summed E-state index contributed by atoms with van der Waals surface area (Å²) in [5, 5.41) is 10.2. The molecule has 5 aromatic rings. The van der Waals surface area contributed by atoms with Crippen LogP contribution >= 0.6 is 0 Å². The van der Waals surface area contributed by atoms with Crippen molar-refractivity contribution in [2.45, 2.75) is 26.8 Å². The lowest BCUT2D eigenvalue weighted by Gasteiger charge is -2.11. The molecule has 0 aromatic carbocycles. The highest BCUT2D eigenvalue weighted by atomic mass is 19.3. The van der Waals surface area contributed by atoms with Crippen LogP contribution < -0.4 is 5.32 Å². The third-order valence-electron chi connectivity index (χ3n) is 5.13. The number of aryl methyl sites for hydroxylation is 2. The fourth-order valence-corrected chi connectivity index (χ4v) is 3.47. The average Bonchev–Trinajstić information content (AvgIpc) is 3.57. The minimum absolute atomic E-state index is 0.138. The van der Waals surface area contributed by atoms with Crippen LogP contribution in [0.2, 0.25) is 0 Å². The molecule has 0 saturated carbocycles. The third kappa shape index (κ3) is 3.89. The van der Waals surface area contributed by atoms with Gasteiger partial charge in [0.2, 0.25) is 0 Å². The number of pyridine rings is 1. The predicted octanol–water partition coefficient (Wildman–Crippen LogP) is 3.45. The van der Waals surface area contributed by atoms with Gasteiger partial charge in [0.1, 0.15) is 22.8 Å². The number of halogens is 2. The predicted molar refractivity (Wildman–Crippen MR) is 115 cm³/mol. The van der Waals surface area contributed by atoms with Gasteiger partial charge in [0.15, 0.2) is 11.4 Å². The molecule has 0 atom stereocenters. The van der Waals surface area contributed by atoms with Gasteiger partial charge in [0, 0.05) is 12.4 Å². The van der Waals surface area contributed by atoms with E-state index in [1.807, 2.05) is 6.92 Å². The summed E-state index contributed by atoms with van der Waals surface area (Å²) in [6, 6.07) is 5.00. The molecule has 5 aromatic heterocycles. The maximum absolute atomic E-state index is 13.6. The SMILES string of the molecule is Cc1cnc(CNC(=O)c2cc(-n3nncc3C(F)F)c3ncc(-c4ccc(C)o4)n3c2)cn1. The zero-order valence-corrected chi connectivity index (χ0v) is 18.1. The van der Waals surface area contributed by atoms with Gasteiger partial charge < -0.3 is 9.73 Å².